The van der Waals surface area contributed by atoms with Crippen LogP contribution in [0.4, 0.5) is 0 Å². The van der Waals surface area contributed by atoms with Crippen molar-refractivity contribution in [2.45, 2.75) is 24.2 Å². The minimum absolute atomic E-state index is 0.00159. The Morgan fingerprint density at radius 3 is 2.41 bits per heavy atom. The first-order valence-electron chi connectivity index (χ1n) is 12.6. The number of hydrogen-bond donors (Lipinski definition) is 7. The molecule has 1 heterocycles. The number of aromatic nitrogens is 2. The molecular weight excluding hydrogens is 546 g/mol. The Hall–Kier alpha value is -4.46. The Labute approximate surface area is 237 Å². The summed E-state index contributed by atoms with van der Waals surface area (Å²) in [5.41, 5.74) is 5.41. The van der Waals surface area contributed by atoms with E-state index in [9.17, 15) is 23.4 Å². The average Bonchev–Trinajstić information content (AvgIpc) is 3.31. The maximum absolute atomic E-state index is 13.5. The third-order valence-electron chi connectivity index (χ3n) is 6.84. The van der Waals surface area contributed by atoms with Crippen LogP contribution in [0.25, 0.3) is 33.5 Å². The molecule has 0 saturated heterocycles. The molecule has 0 aliphatic heterocycles. The number of phenols is 2. The van der Waals surface area contributed by atoms with Crippen LogP contribution in [0.1, 0.15) is 25.0 Å². The summed E-state index contributed by atoms with van der Waals surface area (Å²) >= 11 is 0. The van der Waals surface area contributed by atoms with Gasteiger partial charge < -0.3 is 31.1 Å². The molecule has 4 rings (SSSR count). The Balaban J connectivity index is 2.06. The van der Waals surface area contributed by atoms with Crippen LogP contribution in [-0.2, 0) is 20.2 Å². The number of fused-ring (bicyclic) bond motifs is 1. The monoisotopic (exact) mass is 579 g/mol. The zero-order valence-corrected chi connectivity index (χ0v) is 23.9. The minimum atomic E-state index is -4.57. The number of para-hydroxylation sites is 1. The summed E-state index contributed by atoms with van der Waals surface area (Å²) in [6.45, 7) is 3.96. The number of benzene rings is 3. The lowest BCUT2D eigenvalue weighted by Crippen LogP contribution is -2.43. The number of sulfonamides is 1. The highest BCUT2D eigenvalue weighted by Gasteiger charge is 2.39. The standard InChI is InChI=1S/C28H33N7O5S/c1-28(2,27(38)32-11-12-35(3)4)18-14-17(26-33-19-10-9-15(25(29)30)13-20(19)34-26)23(37)22(24(18)41(31,39)40)16-7-5-6-8-21(16)36/h5-10,13-14,36-37H,11-12H2,1-4H3,(H3,29,30)(H,32,38)(H,33,34)(H2,31,39,40). The van der Waals surface area contributed by atoms with Crippen LogP contribution in [0.5, 0.6) is 11.5 Å². The number of amides is 1. The van der Waals surface area contributed by atoms with Crippen molar-refractivity contribution in [2.24, 2.45) is 10.9 Å². The number of phenolic OH excluding ortho intramolecular Hbond substituents is 2. The highest BCUT2D eigenvalue weighted by Crippen LogP contribution is 2.48. The van der Waals surface area contributed by atoms with Gasteiger partial charge in [0.25, 0.3) is 0 Å². The molecule has 0 aliphatic carbocycles. The zero-order chi connectivity index (χ0) is 30.3. The van der Waals surface area contributed by atoms with E-state index in [0.29, 0.717) is 29.7 Å². The molecule has 41 heavy (non-hydrogen) atoms. The zero-order valence-electron chi connectivity index (χ0n) is 23.1. The van der Waals surface area contributed by atoms with Crippen LogP contribution in [-0.4, -0.2) is 72.4 Å². The van der Waals surface area contributed by atoms with Gasteiger partial charge in [-0.1, -0.05) is 18.2 Å². The molecule has 9 N–H and O–H groups in total. The predicted molar refractivity (Wildman–Crippen MR) is 157 cm³/mol. The molecule has 3 aromatic carbocycles. The number of imidazole rings is 1. The van der Waals surface area contributed by atoms with Crippen LogP contribution in [0.2, 0.25) is 0 Å². The van der Waals surface area contributed by atoms with E-state index in [4.69, 9.17) is 16.3 Å². The molecule has 12 nitrogen and oxygen atoms in total. The van der Waals surface area contributed by atoms with Gasteiger partial charge in [0.15, 0.2) is 0 Å². The summed E-state index contributed by atoms with van der Waals surface area (Å²) in [5.74, 6) is -1.29. The van der Waals surface area contributed by atoms with E-state index in [0.717, 1.165) is 0 Å². The number of nitrogens with one attached hydrogen (secondary N) is 3. The van der Waals surface area contributed by atoms with Crippen molar-refractivity contribution in [1.29, 1.82) is 5.41 Å². The fraction of sp³-hybridized carbons (Fsp3) is 0.250. The van der Waals surface area contributed by atoms with Gasteiger partial charge in [-0.3, -0.25) is 10.2 Å². The molecule has 0 bridgehead atoms. The van der Waals surface area contributed by atoms with E-state index in [1.807, 2.05) is 19.0 Å². The maximum atomic E-state index is 13.5. The first kappa shape index (κ1) is 29.5. The summed E-state index contributed by atoms with van der Waals surface area (Å²) in [4.78, 5) is 22.5. The van der Waals surface area contributed by atoms with Gasteiger partial charge in [0.2, 0.25) is 15.9 Å². The van der Waals surface area contributed by atoms with Crippen molar-refractivity contribution in [3.8, 4) is 34.0 Å². The number of carbonyl (C=O) groups excluding carboxylic acids is 1. The van der Waals surface area contributed by atoms with Crippen molar-refractivity contribution in [3.05, 3.63) is 59.7 Å². The number of primary sulfonamides is 1. The number of carbonyl (C=O) groups is 1. The molecule has 216 valence electrons. The van der Waals surface area contributed by atoms with Gasteiger partial charge in [0.1, 0.15) is 23.2 Å². The fourth-order valence-corrected chi connectivity index (χ4v) is 5.68. The van der Waals surface area contributed by atoms with Gasteiger partial charge in [0.05, 0.1) is 26.9 Å². The Morgan fingerprint density at radius 1 is 1.12 bits per heavy atom. The highest BCUT2D eigenvalue weighted by atomic mass is 32.2. The second-order valence-corrected chi connectivity index (χ2v) is 12.0. The van der Waals surface area contributed by atoms with Gasteiger partial charge in [-0.2, -0.15) is 0 Å². The summed E-state index contributed by atoms with van der Waals surface area (Å²) in [6, 6.07) is 12.2. The van der Waals surface area contributed by atoms with Crippen LogP contribution in [0, 0.1) is 5.41 Å². The predicted octanol–water partition coefficient (Wildman–Crippen LogP) is 2.19. The molecule has 0 spiro atoms. The molecule has 0 radical (unpaired) electrons. The molecule has 4 aromatic rings. The van der Waals surface area contributed by atoms with Gasteiger partial charge in [-0.25, -0.2) is 18.5 Å². The fourth-order valence-electron chi connectivity index (χ4n) is 4.57. The van der Waals surface area contributed by atoms with E-state index in [1.54, 1.807) is 44.2 Å². The molecule has 0 unspecified atom stereocenters. The molecule has 13 heteroatoms. The molecule has 0 saturated carbocycles. The first-order valence-corrected chi connectivity index (χ1v) is 14.2. The van der Waals surface area contributed by atoms with Crippen molar-refractivity contribution in [1.82, 2.24) is 20.2 Å². The number of likely N-dealkylation sites (N-methyl/N-ethyl adjacent to an activating group) is 1. The van der Waals surface area contributed by atoms with E-state index >= 15 is 0 Å². The number of nitrogen functional groups attached to an aromatic ring is 1. The molecule has 1 aromatic heterocycles. The second kappa shape index (κ2) is 10.8. The van der Waals surface area contributed by atoms with Gasteiger partial charge in [-0.15, -0.1) is 0 Å². The number of H-pyrrole nitrogens is 1. The summed E-state index contributed by atoms with van der Waals surface area (Å²) in [5, 5.41) is 38.6. The van der Waals surface area contributed by atoms with Crippen molar-refractivity contribution < 1.29 is 23.4 Å². The highest BCUT2D eigenvalue weighted by molar-refractivity contribution is 7.89. The minimum Gasteiger partial charge on any atom is -0.507 e. The molecule has 0 atom stereocenters. The average molecular weight is 580 g/mol. The number of aromatic amines is 1. The van der Waals surface area contributed by atoms with Crippen molar-refractivity contribution >= 4 is 32.8 Å². The smallest absolute Gasteiger partial charge is 0.239 e. The van der Waals surface area contributed by atoms with E-state index < -0.39 is 32.0 Å². The lowest BCUT2D eigenvalue weighted by atomic mass is 9.80. The van der Waals surface area contributed by atoms with E-state index in [1.165, 1.54) is 18.2 Å². The Kier molecular flexibility index (Phi) is 7.81. The maximum Gasteiger partial charge on any atom is 0.239 e. The van der Waals surface area contributed by atoms with Crippen molar-refractivity contribution in [3.63, 3.8) is 0 Å². The lowest BCUT2D eigenvalue weighted by Gasteiger charge is -2.29. The van der Waals surface area contributed by atoms with E-state index in [2.05, 4.69) is 15.3 Å². The van der Waals surface area contributed by atoms with Gasteiger partial charge in [0, 0.05) is 29.8 Å². The number of aromatic hydroxyl groups is 2. The largest absolute Gasteiger partial charge is 0.507 e. The second-order valence-electron chi connectivity index (χ2n) is 10.5. The number of nitrogens with zero attached hydrogens (tertiary/aromatic N) is 2. The molecule has 0 fully saturated rings. The third kappa shape index (κ3) is 5.73. The third-order valence-corrected chi connectivity index (χ3v) is 7.84. The van der Waals surface area contributed by atoms with Crippen LogP contribution >= 0.6 is 0 Å². The number of rotatable bonds is 9. The molecule has 0 aliphatic rings. The Morgan fingerprint density at radius 2 is 1.80 bits per heavy atom. The quantitative estimate of drug-likeness (QED) is 0.115. The number of amidine groups is 1. The summed E-state index contributed by atoms with van der Waals surface area (Å²) in [6.07, 6.45) is 0. The summed E-state index contributed by atoms with van der Waals surface area (Å²) in [7, 11) is -0.858. The van der Waals surface area contributed by atoms with Gasteiger partial charge in [-0.05, 0) is 63.8 Å². The number of nitrogens with two attached hydrogens (primary N) is 2. The van der Waals surface area contributed by atoms with E-state index in [-0.39, 0.29) is 39.7 Å². The lowest BCUT2D eigenvalue weighted by molar-refractivity contribution is -0.125. The van der Waals surface area contributed by atoms with Crippen LogP contribution < -0.4 is 16.2 Å². The normalized spacial score (nSPS) is 12.1. The molecule has 1 amide bonds. The van der Waals surface area contributed by atoms with Crippen LogP contribution in [0.15, 0.2) is 53.4 Å². The number of hydrogen-bond acceptors (Lipinski definition) is 8. The van der Waals surface area contributed by atoms with Crippen LogP contribution in [0.3, 0.4) is 0 Å². The topological polar surface area (TPSA) is 212 Å². The Bertz CT molecular complexity index is 1780. The van der Waals surface area contributed by atoms with Gasteiger partial charge >= 0.3 is 0 Å². The first-order chi connectivity index (χ1) is 19.1. The summed E-state index contributed by atoms with van der Waals surface area (Å²) < 4.78 is 26.3. The SMILES string of the molecule is CN(C)CCNC(=O)C(C)(C)c1cc(-c2nc3ccc(C(=N)N)cc3[nH]2)c(O)c(-c2ccccc2O)c1S(N)(=O)=O. The molecular formula is C28H33N7O5S. The van der Waals surface area contributed by atoms with Crippen molar-refractivity contribution in [2.75, 3.05) is 27.2 Å².